The number of ether oxygens (including phenoxy) is 2. The van der Waals surface area contributed by atoms with Gasteiger partial charge in [0.1, 0.15) is 12.4 Å². The van der Waals surface area contributed by atoms with Crippen LogP contribution >= 0.6 is 0 Å². The summed E-state index contributed by atoms with van der Waals surface area (Å²) < 4.78 is 10.4. The smallest absolute Gasteiger partial charge is 0.185 e. The lowest BCUT2D eigenvalue weighted by atomic mass is 10.1. The van der Waals surface area contributed by atoms with Gasteiger partial charge in [-0.2, -0.15) is 0 Å². The molecule has 0 fully saturated rings. The van der Waals surface area contributed by atoms with Gasteiger partial charge >= 0.3 is 0 Å². The highest BCUT2D eigenvalue weighted by Crippen LogP contribution is 2.14. The third kappa shape index (κ3) is 5.38. The first-order chi connectivity index (χ1) is 11.2. The quantitative estimate of drug-likeness (QED) is 0.417. The van der Waals surface area contributed by atoms with Crippen molar-refractivity contribution in [1.29, 1.82) is 0 Å². The van der Waals surface area contributed by atoms with Crippen molar-refractivity contribution in [2.45, 2.75) is 13.3 Å². The molecule has 3 heteroatoms. The Bertz CT molecular complexity index is 640. The van der Waals surface area contributed by atoms with Crippen LogP contribution in [0, 0.1) is 0 Å². The highest BCUT2D eigenvalue weighted by Gasteiger charge is 2.02. The van der Waals surface area contributed by atoms with E-state index in [2.05, 4.69) is 19.1 Å². The van der Waals surface area contributed by atoms with Crippen LogP contribution < -0.4 is 4.74 Å². The lowest BCUT2D eigenvalue weighted by Crippen LogP contribution is -2.04. The topological polar surface area (TPSA) is 35.5 Å². The molecular formula is C20H22O3. The molecule has 0 spiro atoms. The summed E-state index contributed by atoms with van der Waals surface area (Å²) in [4.78, 5) is 12.2. The van der Waals surface area contributed by atoms with Crippen molar-refractivity contribution in [2.24, 2.45) is 0 Å². The van der Waals surface area contributed by atoms with Crippen LogP contribution in [0.15, 0.2) is 54.6 Å². The van der Waals surface area contributed by atoms with Crippen LogP contribution in [0.4, 0.5) is 0 Å². The molecule has 0 N–H and O–H groups in total. The van der Waals surface area contributed by atoms with Crippen molar-refractivity contribution in [3.05, 3.63) is 71.3 Å². The van der Waals surface area contributed by atoms with Crippen LogP contribution in [-0.2, 0) is 11.2 Å². The third-order valence-electron chi connectivity index (χ3n) is 3.51. The highest BCUT2D eigenvalue weighted by molar-refractivity contribution is 6.06. The number of carbonyl (C=O) groups is 1. The van der Waals surface area contributed by atoms with Gasteiger partial charge in [-0.15, -0.1) is 0 Å². The van der Waals surface area contributed by atoms with Crippen molar-refractivity contribution < 1.29 is 14.3 Å². The van der Waals surface area contributed by atoms with Gasteiger partial charge in [-0.1, -0.05) is 37.3 Å². The van der Waals surface area contributed by atoms with E-state index >= 15 is 0 Å². The number of allylic oxidation sites excluding steroid dienone is 1. The molecule has 0 saturated heterocycles. The zero-order chi connectivity index (χ0) is 16.5. The lowest BCUT2D eigenvalue weighted by molar-refractivity contribution is 0.104. The first kappa shape index (κ1) is 17.0. The zero-order valence-electron chi connectivity index (χ0n) is 13.6. The summed E-state index contributed by atoms with van der Waals surface area (Å²) in [5.74, 6) is 0.714. The van der Waals surface area contributed by atoms with E-state index < -0.39 is 0 Å². The van der Waals surface area contributed by atoms with Crippen molar-refractivity contribution in [3.8, 4) is 5.75 Å². The monoisotopic (exact) mass is 310 g/mol. The summed E-state index contributed by atoms with van der Waals surface area (Å²) >= 11 is 0. The van der Waals surface area contributed by atoms with Crippen LogP contribution in [0.25, 0.3) is 6.08 Å². The molecule has 120 valence electrons. The largest absolute Gasteiger partial charge is 0.491 e. The van der Waals surface area contributed by atoms with Gasteiger partial charge in [0.2, 0.25) is 0 Å². The minimum Gasteiger partial charge on any atom is -0.491 e. The van der Waals surface area contributed by atoms with Gasteiger partial charge in [0.15, 0.2) is 5.78 Å². The molecular weight excluding hydrogens is 288 g/mol. The Labute approximate surface area is 137 Å². The summed E-state index contributed by atoms with van der Waals surface area (Å²) in [7, 11) is 1.63. The molecule has 0 aliphatic heterocycles. The van der Waals surface area contributed by atoms with E-state index in [-0.39, 0.29) is 5.78 Å². The average Bonchev–Trinajstić information content (AvgIpc) is 2.61. The second kappa shape index (κ2) is 8.91. The Hall–Kier alpha value is -2.39. The third-order valence-corrected chi connectivity index (χ3v) is 3.51. The molecule has 23 heavy (non-hydrogen) atoms. The van der Waals surface area contributed by atoms with Crippen molar-refractivity contribution >= 4 is 11.9 Å². The molecule has 2 aromatic rings. The van der Waals surface area contributed by atoms with Crippen LogP contribution in [0.5, 0.6) is 5.75 Å². The number of aryl methyl sites for hydroxylation is 1. The molecule has 2 aromatic carbocycles. The van der Waals surface area contributed by atoms with Crippen molar-refractivity contribution in [1.82, 2.24) is 0 Å². The SMILES string of the molecule is CCc1ccc(/C=C/C(=O)c2ccc(OCCOC)cc2)cc1. The first-order valence-electron chi connectivity index (χ1n) is 7.76. The maximum Gasteiger partial charge on any atom is 0.185 e. The number of methoxy groups -OCH3 is 1. The van der Waals surface area contributed by atoms with Gasteiger partial charge in [-0.25, -0.2) is 0 Å². The molecule has 0 amide bonds. The van der Waals surface area contributed by atoms with Gasteiger partial charge in [-0.3, -0.25) is 4.79 Å². The summed E-state index contributed by atoms with van der Waals surface area (Å²) in [6, 6.07) is 15.3. The molecule has 0 atom stereocenters. The number of benzene rings is 2. The van der Waals surface area contributed by atoms with E-state index in [9.17, 15) is 4.79 Å². The Morgan fingerprint density at radius 1 is 1.00 bits per heavy atom. The molecule has 0 heterocycles. The molecule has 0 aliphatic carbocycles. The fourth-order valence-corrected chi connectivity index (χ4v) is 2.09. The van der Waals surface area contributed by atoms with Crippen LogP contribution in [-0.4, -0.2) is 26.1 Å². The zero-order valence-corrected chi connectivity index (χ0v) is 13.6. The van der Waals surface area contributed by atoms with Gasteiger partial charge in [0.25, 0.3) is 0 Å². The molecule has 0 radical (unpaired) electrons. The predicted molar refractivity (Wildman–Crippen MR) is 93.0 cm³/mol. The predicted octanol–water partition coefficient (Wildman–Crippen LogP) is 4.17. The van der Waals surface area contributed by atoms with E-state index in [1.165, 1.54) is 5.56 Å². The highest BCUT2D eigenvalue weighted by atomic mass is 16.5. The van der Waals surface area contributed by atoms with Crippen LogP contribution in [0.3, 0.4) is 0 Å². The molecule has 0 saturated carbocycles. The summed E-state index contributed by atoms with van der Waals surface area (Å²) in [5, 5.41) is 0. The van der Waals surface area contributed by atoms with E-state index in [1.807, 2.05) is 18.2 Å². The molecule has 0 unspecified atom stereocenters. The molecule has 3 nitrogen and oxygen atoms in total. The Morgan fingerprint density at radius 3 is 2.30 bits per heavy atom. The summed E-state index contributed by atoms with van der Waals surface area (Å²) in [6.45, 7) is 3.16. The van der Waals surface area contributed by atoms with E-state index in [4.69, 9.17) is 9.47 Å². The lowest BCUT2D eigenvalue weighted by Gasteiger charge is -2.05. The van der Waals surface area contributed by atoms with Gasteiger partial charge < -0.3 is 9.47 Å². The first-order valence-corrected chi connectivity index (χ1v) is 7.76. The summed E-state index contributed by atoms with van der Waals surface area (Å²) in [6.07, 6.45) is 4.45. The second-order valence-electron chi connectivity index (χ2n) is 5.16. The number of hydrogen-bond acceptors (Lipinski definition) is 3. The van der Waals surface area contributed by atoms with E-state index in [0.29, 0.717) is 18.8 Å². The van der Waals surface area contributed by atoms with Gasteiger partial charge in [-0.05, 0) is 47.9 Å². The Balaban J connectivity index is 1.95. The van der Waals surface area contributed by atoms with Crippen LogP contribution in [0.2, 0.25) is 0 Å². The van der Waals surface area contributed by atoms with Gasteiger partial charge in [0, 0.05) is 12.7 Å². The van der Waals surface area contributed by atoms with Crippen molar-refractivity contribution in [2.75, 3.05) is 20.3 Å². The fraction of sp³-hybridized carbons (Fsp3) is 0.250. The minimum absolute atomic E-state index is 0.0204. The second-order valence-corrected chi connectivity index (χ2v) is 5.16. The average molecular weight is 310 g/mol. The fourth-order valence-electron chi connectivity index (χ4n) is 2.09. The maximum atomic E-state index is 12.2. The molecule has 2 rings (SSSR count). The molecule has 0 aromatic heterocycles. The van der Waals surface area contributed by atoms with Gasteiger partial charge in [0.05, 0.1) is 6.61 Å². The van der Waals surface area contributed by atoms with E-state index in [1.54, 1.807) is 37.5 Å². The molecule has 0 aliphatic rings. The van der Waals surface area contributed by atoms with Crippen LogP contribution in [0.1, 0.15) is 28.4 Å². The number of carbonyl (C=O) groups excluding carboxylic acids is 1. The number of rotatable bonds is 8. The van der Waals surface area contributed by atoms with E-state index in [0.717, 1.165) is 17.7 Å². The maximum absolute atomic E-state index is 12.2. The Morgan fingerprint density at radius 2 is 1.70 bits per heavy atom. The number of ketones is 1. The Kier molecular flexibility index (Phi) is 6.57. The standard InChI is InChI=1S/C20H22O3/c1-3-16-4-6-17(7-5-16)8-13-20(21)18-9-11-19(12-10-18)23-15-14-22-2/h4-13H,3,14-15H2,1-2H3/b13-8+. The minimum atomic E-state index is -0.0204. The number of hydrogen-bond donors (Lipinski definition) is 0. The van der Waals surface area contributed by atoms with Crippen molar-refractivity contribution in [3.63, 3.8) is 0 Å². The summed E-state index contributed by atoms with van der Waals surface area (Å²) in [5.41, 5.74) is 2.96. The molecule has 0 bridgehead atoms. The normalized spacial score (nSPS) is 10.9.